The largest absolute Gasteiger partial charge is 0.329 e. The number of hydrogen-bond acceptors (Lipinski definition) is 8. The second kappa shape index (κ2) is 11.1. The first-order valence-corrected chi connectivity index (χ1v) is 14.2. The predicted octanol–water partition coefficient (Wildman–Crippen LogP) is 4.30. The van der Waals surface area contributed by atoms with Crippen molar-refractivity contribution < 1.29 is 8.42 Å². The van der Waals surface area contributed by atoms with Gasteiger partial charge in [0.15, 0.2) is 0 Å². The molecule has 39 heavy (non-hydrogen) atoms. The maximum absolute atomic E-state index is 11.3. The van der Waals surface area contributed by atoms with E-state index < -0.39 is 10.0 Å². The number of rotatable bonds is 10. The van der Waals surface area contributed by atoms with Crippen LogP contribution in [0.4, 0.5) is 23.1 Å². The van der Waals surface area contributed by atoms with Crippen LogP contribution >= 0.6 is 0 Å². The molecular formula is C28H30N8O2S. The van der Waals surface area contributed by atoms with Crippen molar-refractivity contribution in [3.63, 3.8) is 0 Å². The Labute approximate surface area is 227 Å². The van der Waals surface area contributed by atoms with Gasteiger partial charge in [-0.3, -0.25) is 0 Å². The van der Waals surface area contributed by atoms with Crippen LogP contribution < -0.4 is 20.8 Å². The highest BCUT2D eigenvalue weighted by Gasteiger charge is 2.12. The third-order valence-electron chi connectivity index (χ3n) is 6.22. The lowest BCUT2D eigenvalue weighted by atomic mass is 10.1. The molecule has 0 aliphatic heterocycles. The topological polar surface area (TPSA) is 131 Å². The number of nitrogens with one attached hydrogen (secondary N) is 2. The summed E-state index contributed by atoms with van der Waals surface area (Å²) < 4.78 is 24.6. The predicted molar refractivity (Wildman–Crippen MR) is 155 cm³/mol. The van der Waals surface area contributed by atoms with Gasteiger partial charge >= 0.3 is 0 Å². The maximum atomic E-state index is 11.3. The van der Waals surface area contributed by atoms with Crippen LogP contribution in [0.15, 0.2) is 91.4 Å². The zero-order chi connectivity index (χ0) is 27.4. The van der Waals surface area contributed by atoms with Gasteiger partial charge in [-0.1, -0.05) is 42.5 Å². The van der Waals surface area contributed by atoms with Crippen molar-refractivity contribution in [2.45, 2.75) is 25.1 Å². The fourth-order valence-corrected chi connectivity index (χ4v) is 4.99. The Bertz CT molecular complexity index is 1670. The van der Waals surface area contributed by atoms with Crippen LogP contribution in [0.25, 0.3) is 11.0 Å². The molecule has 0 radical (unpaired) electrons. The Kier molecular flexibility index (Phi) is 7.44. The van der Waals surface area contributed by atoms with Crippen LogP contribution in [-0.2, 0) is 22.2 Å². The number of sulfonamides is 1. The normalized spacial score (nSPS) is 12.3. The van der Waals surface area contributed by atoms with Gasteiger partial charge in [0.25, 0.3) is 0 Å². The zero-order valence-electron chi connectivity index (χ0n) is 21.7. The molecule has 2 aromatic heterocycles. The van der Waals surface area contributed by atoms with Gasteiger partial charge in [-0.05, 0) is 60.9 Å². The molecule has 3 aromatic carbocycles. The number of primary sulfonamides is 1. The molecule has 0 aliphatic carbocycles. The summed E-state index contributed by atoms with van der Waals surface area (Å²) in [5.41, 5.74) is 8.92. The van der Waals surface area contributed by atoms with E-state index in [2.05, 4.69) is 56.9 Å². The minimum absolute atomic E-state index is 0.213. The van der Waals surface area contributed by atoms with Crippen LogP contribution in [0.5, 0.6) is 0 Å². The summed E-state index contributed by atoms with van der Waals surface area (Å²) >= 11 is 0. The van der Waals surface area contributed by atoms with E-state index in [1.807, 2.05) is 47.0 Å². The van der Waals surface area contributed by atoms with E-state index in [4.69, 9.17) is 5.14 Å². The number of imidazole rings is 1. The number of anilines is 4. The number of fused-ring (bicyclic) bond motifs is 1. The van der Waals surface area contributed by atoms with E-state index in [0.717, 1.165) is 28.8 Å². The summed E-state index contributed by atoms with van der Waals surface area (Å²) in [6.45, 7) is 2.15. The fourth-order valence-electron chi connectivity index (χ4n) is 4.34. The second-order valence-electron chi connectivity index (χ2n) is 9.43. The van der Waals surface area contributed by atoms with Gasteiger partial charge in [0.1, 0.15) is 12.1 Å². The average molecular weight is 543 g/mol. The first-order chi connectivity index (χ1) is 18.7. The van der Waals surface area contributed by atoms with Gasteiger partial charge in [-0.2, -0.15) is 4.98 Å². The first-order valence-electron chi connectivity index (χ1n) is 12.4. The minimum Gasteiger partial charge on any atom is -0.329 e. The molecule has 0 bridgehead atoms. The molecule has 2 heterocycles. The van der Waals surface area contributed by atoms with Crippen molar-refractivity contribution in [3.8, 4) is 0 Å². The molecular weight excluding hydrogens is 512 g/mol. The van der Waals surface area contributed by atoms with Crippen LogP contribution in [0.3, 0.4) is 0 Å². The second-order valence-corrected chi connectivity index (χ2v) is 11.0. The smallest absolute Gasteiger partial charge is 0.229 e. The molecule has 5 rings (SSSR count). The third-order valence-corrected chi connectivity index (χ3v) is 6.96. The Morgan fingerprint density at radius 3 is 2.49 bits per heavy atom. The molecule has 0 saturated heterocycles. The molecule has 0 amide bonds. The first kappa shape index (κ1) is 26.1. The highest BCUT2D eigenvalue weighted by molar-refractivity contribution is 7.88. The van der Waals surface area contributed by atoms with E-state index >= 15 is 0 Å². The summed E-state index contributed by atoms with van der Waals surface area (Å²) in [5.74, 6) is 0.905. The third kappa shape index (κ3) is 6.70. The Morgan fingerprint density at radius 1 is 0.974 bits per heavy atom. The van der Waals surface area contributed by atoms with Crippen LogP contribution in [-0.4, -0.2) is 41.1 Å². The molecule has 4 N–H and O–H groups in total. The van der Waals surface area contributed by atoms with Crippen molar-refractivity contribution in [2.75, 3.05) is 22.7 Å². The Morgan fingerprint density at radius 2 is 1.74 bits per heavy atom. The molecule has 10 nitrogen and oxygen atoms in total. The summed E-state index contributed by atoms with van der Waals surface area (Å²) in [7, 11) is -1.64. The maximum Gasteiger partial charge on any atom is 0.229 e. The zero-order valence-corrected chi connectivity index (χ0v) is 22.5. The number of nitrogens with two attached hydrogens (primary N) is 1. The standard InChI is InChI=1S/C28H30N8O2S/c1-20(16-21-6-4-3-5-7-21)34-36-19-31-25-17-24(12-13-26(25)36)35(2)27-14-15-30-28(33-27)32-23-10-8-22(9-11-23)18-39(29,37)38/h3-15,17,19-20,34H,16,18H2,1-2H3,(H2,29,37,38)(H,30,32,33). The summed E-state index contributed by atoms with van der Waals surface area (Å²) in [6.07, 6.45) is 4.39. The monoisotopic (exact) mass is 542 g/mol. The lowest BCUT2D eigenvalue weighted by Crippen LogP contribution is -2.26. The minimum atomic E-state index is -3.58. The summed E-state index contributed by atoms with van der Waals surface area (Å²) in [4.78, 5) is 15.5. The quantitative estimate of drug-likeness (QED) is 0.238. The van der Waals surface area contributed by atoms with E-state index in [1.54, 1.807) is 36.8 Å². The van der Waals surface area contributed by atoms with Gasteiger partial charge in [0.2, 0.25) is 16.0 Å². The number of hydrogen-bond donors (Lipinski definition) is 3. The number of aromatic nitrogens is 4. The molecule has 0 aliphatic rings. The van der Waals surface area contributed by atoms with E-state index in [9.17, 15) is 8.42 Å². The van der Waals surface area contributed by atoms with Gasteiger partial charge in [0.05, 0.1) is 16.8 Å². The van der Waals surface area contributed by atoms with Gasteiger partial charge in [-0.25, -0.2) is 28.2 Å². The van der Waals surface area contributed by atoms with Crippen molar-refractivity contribution in [2.24, 2.45) is 5.14 Å². The van der Waals surface area contributed by atoms with Gasteiger partial charge in [-0.15, -0.1) is 0 Å². The number of nitrogens with zero attached hydrogens (tertiary/aromatic N) is 5. The van der Waals surface area contributed by atoms with Crippen LogP contribution in [0.2, 0.25) is 0 Å². The number of benzene rings is 3. The van der Waals surface area contributed by atoms with E-state index in [-0.39, 0.29) is 11.8 Å². The summed E-state index contributed by atoms with van der Waals surface area (Å²) in [6, 6.07) is 25.5. The summed E-state index contributed by atoms with van der Waals surface area (Å²) in [5, 5.41) is 8.28. The average Bonchev–Trinajstić information content (AvgIpc) is 3.31. The van der Waals surface area contributed by atoms with Crippen LogP contribution in [0, 0.1) is 0 Å². The highest BCUT2D eigenvalue weighted by atomic mass is 32.2. The molecule has 5 aromatic rings. The molecule has 0 saturated carbocycles. The van der Waals surface area contributed by atoms with Crippen molar-refractivity contribution >= 4 is 44.2 Å². The van der Waals surface area contributed by atoms with Crippen LogP contribution in [0.1, 0.15) is 18.1 Å². The lowest BCUT2D eigenvalue weighted by molar-refractivity contribution is 0.597. The molecule has 0 fully saturated rings. The molecule has 1 atom stereocenters. The Hall–Kier alpha value is -4.48. The SMILES string of the molecule is CC(Cc1ccccc1)Nn1cnc2cc(N(C)c3ccnc(Nc4ccc(CS(N)(=O)=O)cc4)n3)ccc21. The molecule has 0 spiro atoms. The van der Waals surface area contributed by atoms with Crippen molar-refractivity contribution in [1.29, 1.82) is 0 Å². The van der Waals surface area contributed by atoms with Gasteiger partial charge in [0, 0.05) is 30.7 Å². The lowest BCUT2D eigenvalue weighted by Gasteiger charge is -2.19. The Balaban J connectivity index is 1.27. The highest BCUT2D eigenvalue weighted by Crippen LogP contribution is 2.26. The van der Waals surface area contributed by atoms with Crippen molar-refractivity contribution in [1.82, 2.24) is 19.6 Å². The fraction of sp³-hybridized carbons (Fsp3) is 0.179. The van der Waals surface area contributed by atoms with E-state index in [0.29, 0.717) is 17.3 Å². The van der Waals surface area contributed by atoms with Gasteiger partial charge < -0.3 is 15.6 Å². The molecule has 1 unspecified atom stereocenters. The molecule has 200 valence electrons. The van der Waals surface area contributed by atoms with Crippen molar-refractivity contribution in [3.05, 3.63) is 103 Å². The molecule has 11 heteroatoms. The van der Waals surface area contributed by atoms with E-state index in [1.165, 1.54) is 5.56 Å².